The number of amides is 1. The highest BCUT2D eigenvalue weighted by Crippen LogP contribution is 2.29. The molecule has 4 nitrogen and oxygen atoms in total. The van der Waals surface area contributed by atoms with E-state index in [-0.39, 0.29) is 11.3 Å². The van der Waals surface area contributed by atoms with E-state index in [2.05, 4.69) is 50.5 Å². The lowest BCUT2D eigenvalue weighted by molar-refractivity contribution is -0.112. The topological polar surface area (TPSA) is 62.1 Å². The number of halogens is 3. The van der Waals surface area contributed by atoms with Crippen LogP contribution < -0.4 is 10.1 Å². The Morgan fingerprint density at radius 1 is 1.29 bits per heavy atom. The van der Waals surface area contributed by atoms with Crippen molar-refractivity contribution in [2.45, 2.75) is 0 Å². The first-order valence-electron chi connectivity index (χ1n) is 6.67. The van der Waals surface area contributed by atoms with E-state index in [1.165, 1.54) is 24.3 Å². The van der Waals surface area contributed by atoms with Crippen LogP contribution in [0.1, 0.15) is 5.56 Å². The summed E-state index contributed by atoms with van der Waals surface area (Å²) >= 11 is 4.24. The molecular weight excluding hydrogens is 537 g/mol. The van der Waals surface area contributed by atoms with Crippen molar-refractivity contribution >= 4 is 62.9 Å². The van der Waals surface area contributed by atoms with Gasteiger partial charge in [-0.15, -0.1) is 0 Å². The number of anilines is 1. The van der Waals surface area contributed by atoms with Crippen LogP contribution in [0.3, 0.4) is 0 Å². The first kappa shape index (κ1) is 18.7. The van der Waals surface area contributed by atoms with E-state index in [1.807, 2.05) is 6.07 Å². The zero-order valence-corrected chi connectivity index (χ0v) is 16.8. The molecule has 0 radical (unpaired) electrons. The molecule has 2 aromatic carbocycles. The summed E-state index contributed by atoms with van der Waals surface area (Å²) < 4.78 is 20.6. The van der Waals surface area contributed by atoms with Gasteiger partial charge in [0.1, 0.15) is 23.2 Å². The molecule has 2 rings (SSSR count). The van der Waals surface area contributed by atoms with E-state index in [4.69, 9.17) is 4.74 Å². The van der Waals surface area contributed by atoms with Crippen LogP contribution in [0.15, 0.2) is 42.0 Å². The summed E-state index contributed by atoms with van der Waals surface area (Å²) in [5.74, 6) is -0.484. The second-order valence-corrected chi connectivity index (χ2v) is 6.95. The van der Waals surface area contributed by atoms with Gasteiger partial charge in [0.05, 0.1) is 19.9 Å². The molecule has 0 aliphatic heterocycles. The normalized spacial score (nSPS) is 10.9. The predicted octanol–water partition coefficient (Wildman–Crippen LogP) is 4.59. The van der Waals surface area contributed by atoms with Crippen LogP contribution >= 0.6 is 45.2 Å². The van der Waals surface area contributed by atoms with Crippen LogP contribution in [0.25, 0.3) is 6.08 Å². The molecule has 0 aliphatic rings. The first-order chi connectivity index (χ1) is 11.5. The van der Waals surface area contributed by atoms with Gasteiger partial charge < -0.3 is 10.1 Å². The van der Waals surface area contributed by atoms with Gasteiger partial charge in [0.25, 0.3) is 5.91 Å². The summed E-state index contributed by atoms with van der Waals surface area (Å²) in [5.41, 5.74) is 0.599. The third kappa shape index (κ3) is 4.45. The average molecular weight is 548 g/mol. The van der Waals surface area contributed by atoms with Gasteiger partial charge in [0, 0.05) is 0 Å². The maximum atomic E-state index is 13.6. The summed E-state index contributed by atoms with van der Waals surface area (Å²) in [6, 6.07) is 11.2. The molecule has 0 spiro atoms. The third-order valence-corrected chi connectivity index (χ3v) is 4.63. The Morgan fingerprint density at radius 3 is 2.46 bits per heavy atom. The number of methoxy groups -OCH3 is 1. The highest BCUT2D eigenvalue weighted by Gasteiger charge is 2.13. The highest BCUT2D eigenvalue weighted by atomic mass is 127. The molecule has 0 heterocycles. The van der Waals surface area contributed by atoms with Crippen molar-refractivity contribution in [2.24, 2.45) is 0 Å². The van der Waals surface area contributed by atoms with Gasteiger partial charge in [-0.25, -0.2) is 4.39 Å². The lowest BCUT2D eigenvalue weighted by Crippen LogP contribution is -2.14. The lowest BCUT2D eigenvalue weighted by atomic mass is 10.1. The molecule has 0 saturated heterocycles. The number of hydrogen-bond acceptors (Lipinski definition) is 3. The van der Waals surface area contributed by atoms with Crippen LogP contribution in [0.2, 0.25) is 0 Å². The van der Waals surface area contributed by atoms with Crippen LogP contribution in [-0.4, -0.2) is 13.0 Å². The zero-order valence-electron chi connectivity index (χ0n) is 12.4. The fourth-order valence-electron chi connectivity index (χ4n) is 1.93. The van der Waals surface area contributed by atoms with E-state index in [0.29, 0.717) is 5.56 Å². The summed E-state index contributed by atoms with van der Waals surface area (Å²) in [7, 11) is 1.58. The largest absolute Gasteiger partial charge is 0.495 e. The number of carbonyl (C=O) groups excluding carboxylic acids is 1. The van der Waals surface area contributed by atoms with Gasteiger partial charge >= 0.3 is 0 Å². The fraction of sp³-hybridized carbons (Fsp3) is 0.0588. The average Bonchev–Trinajstić information content (AvgIpc) is 2.54. The third-order valence-electron chi connectivity index (χ3n) is 3.02. The summed E-state index contributed by atoms with van der Waals surface area (Å²) in [6.07, 6.45) is 1.46. The molecule has 1 amide bonds. The van der Waals surface area contributed by atoms with Crippen molar-refractivity contribution in [3.05, 3.63) is 60.5 Å². The summed E-state index contributed by atoms with van der Waals surface area (Å²) in [4.78, 5) is 12.2. The molecule has 24 heavy (non-hydrogen) atoms. The molecule has 0 fully saturated rings. The Labute approximate surface area is 166 Å². The Balaban J connectivity index is 2.31. The lowest BCUT2D eigenvalue weighted by Gasteiger charge is -2.08. The number of hydrogen-bond donors (Lipinski definition) is 1. The van der Waals surface area contributed by atoms with Crippen molar-refractivity contribution < 1.29 is 13.9 Å². The standard InChI is InChI=1S/C17H11FI2N2O2/c1-24-16-13(19)7-10(8-14(16)20)6-11(9-21)17(23)22-15-5-3-2-4-12(15)18/h2-8H,1H3,(H,22,23)/b11-6+. The number of benzene rings is 2. The Bertz CT molecular complexity index is 837. The Kier molecular flexibility index (Phi) is 6.56. The number of nitriles is 1. The molecule has 0 saturated carbocycles. The van der Waals surface area contributed by atoms with E-state index >= 15 is 0 Å². The summed E-state index contributed by atoms with van der Waals surface area (Å²) in [5, 5.41) is 11.6. The van der Waals surface area contributed by atoms with Crippen molar-refractivity contribution in [3.63, 3.8) is 0 Å². The molecular formula is C17H11FI2N2O2. The van der Waals surface area contributed by atoms with E-state index in [9.17, 15) is 14.4 Å². The molecule has 2 aromatic rings. The molecule has 1 N–H and O–H groups in total. The molecule has 0 aromatic heterocycles. The second-order valence-electron chi connectivity index (χ2n) is 4.62. The van der Waals surface area contributed by atoms with Gasteiger partial charge in [-0.2, -0.15) is 5.26 Å². The number of ether oxygens (including phenoxy) is 1. The van der Waals surface area contributed by atoms with E-state index < -0.39 is 11.7 Å². The molecule has 0 unspecified atom stereocenters. The van der Waals surface area contributed by atoms with Gasteiger partial charge in [-0.3, -0.25) is 4.79 Å². The Hall–Kier alpha value is -1.67. The monoisotopic (exact) mass is 548 g/mol. The first-order valence-corrected chi connectivity index (χ1v) is 8.82. The van der Waals surface area contributed by atoms with Crippen molar-refractivity contribution in [1.82, 2.24) is 0 Å². The minimum atomic E-state index is -0.663. The van der Waals surface area contributed by atoms with Gasteiger partial charge in [-0.05, 0) is 81.1 Å². The zero-order chi connectivity index (χ0) is 17.7. The van der Waals surface area contributed by atoms with E-state index in [0.717, 1.165) is 12.9 Å². The SMILES string of the molecule is COc1c(I)cc(/C=C(\C#N)C(=O)Nc2ccccc2F)cc1I. The fourth-order valence-corrected chi connectivity index (χ4v) is 4.18. The number of nitrogens with one attached hydrogen (secondary N) is 1. The van der Waals surface area contributed by atoms with Crippen LogP contribution in [0.5, 0.6) is 5.75 Å². The number of para-hydroxylation sites is 1. The summed E-state index contributed by atoms with van der Waals surface area (Å²) in [6.45, 7) is 0. The molecule has 0 aliphatic carbocycles. The predicted molar refractivity (Wildman–Crippen MR) is 107 cm³/mol. The van der Waals surface area contributed by atoms with Gasteiger partial charge in [-0.1, -0.05) is 12.1 Å². The van der Waals surface area contributed by atoms with Crippen molar-refractivity contribution in [2.75, 3.05) is 12.4 Å². The number of nitrogens with zero attached hydrogens (tertiary/aromatic N) is 1. The molecule has 7 heteroatoms. The number of rotatable bonds is 4. The molecule has 122 valence electrons. The van der Waals surface area contributed by atoms with Crippen LogP contribution in [0.4, 0.5) is 10.1 Å². The van der Waals surface area contributed by atoms with Crippen LogP contribution in [0, 0.1) is 24.3 Å². The quantitative estimate of drug-likeness (QED) is 0.346. The maximum Gasteiger partial charge on any atom is 0.266 e. The Morgan fingerprint density at radius 2 is 1.92 bits per heavy atom. The minimum Gasteiger partial charge on any atom is -0.495 e. The molecule has 0 bridgehead atoms. The minimum absolute atomic E-state index is 0.0301. The smallest absolute Gasteiger partial charge is 0.266 e. The highest BCUT2D eigenvalue weighted by molar-refractivity contribution is 14.1. The van der Waals surface area contributed by atoms with Crippen molar-refractivity contribution in [1.29, 1.82) is 5.26 Å². The number of carbonyl (C=O) groups is 1. The molecule has 0 atom stereocenters. The van der Waals surface area contributed by atoms with Gasteiger partial charge in [0.2, 0.25) is 0 Å². The van der Waals surface area contributed by atoms with E-state index in [1.54, 1.807) is 25.3 Å². The van der Waals surface area contributed by atoms with Gasteiger partial charge in [0.15, 0.2) is 0 Å². The van der Waals surface area contributed by atoms with Crippen LogP contribution in [-0.2, 0) is 4.79 Å². The maximum absolute atomic E-state index is 13.6. The second kappa shape index (κ2) is 8.43. The van der Waals surface area contributed by atoms with Crippen molar-refractivity contribution in [3.8, 4) is 11.8 Å².